The van der Waals surface area contributed by atoms with E-state index >= 15 is 0 Å². The summed E-state index contributed by atoms with van der Waals surface area (Å²) in [5.41, 5.74) is 5.75. The molecule has 6 aliphatic heterocycles. The van der Waals surface area contributed by atoms with Gasteiger partial charge in [-0.15, -0.1) is 0 Å². The molecule has 11 N–H and O–H groups in total. The third-order valence-electron chi connectivity index (χ3n) is 26.8. The van der Waals surface area contributed by atoms with Crippen LogP contribution in [-0.2, 0) is 26.2 Å². The van der Waals surface area contributed by atoms with E-state index in [1.54, 1.807) is 69.8 Å². The Morgan fingerprint density at radius 3 is 0.972 bits per heavy atom. The topological polar surface area (TPSA) is 442 Å². The minimum absolute atomic E-state index is 0.0945. The fraction of sp³-hybridized carbons (Fsp3) is 0.434. The predicted molar refractivity (Wildman–Crippen MR) is 556 cm³/mol. The Morgan fingerprint density at radius 1 is 0.373 bits per heavy atom. The molecule has 750 valence electrons. The number of carbonyl (C=O) groups excluding carboxylic acids is 4. The monoisotopic (exact) mass is 2020 g/mol. The largest absolute Gasteiger partial charge is 0.478 e. The lowest BCUT2D eigenvalue weighted by atomic mass is 9.72. The number of benzene rings is 4. The van der Waals surface area contributed by atoms with E-state index in [-0.39, 0.29) is 113 Å². The SMILES string of the molecule is CNC(=O)COc1cc2cc(Nc3nc(N4CC5CC5C4)ncc3Cl)ccc2n(C(C)C)c1=O.CNC(=O)COc1cc2cc(Nc3nc(N4CCC5(CC4)CNC5)ncc3Cl)ccc2n(C(C)C)c1=O.CNC(=O)COc1cc2cc(Nc3nc(N4CCC5(CCNCC5)CC4)ncc3Cl)ccc2n(C(C)C)c1=O.CNC(=O)COc1cc2cc(Nc3nc(N4CCNCC4)ncc3Cl)ccc2n(C)c1=O. The van der Waals surface area contributed by atoms with Crippen molar-refractivity contribution in [3.63, 3.8) is 0 Å². The van der Waals surface area contributed by atoms with Crippen LogP contribution in [0.15, 0.2) is 141 Å². The fourth-order valence-electron chi connectivity index (χ4n) is 18.6. The standard InChI is InChI=1S/C28H36ClN7O3.C26H32ClN7O3.C24H27ClN6O3.C21H24ClN7O3/c1-18(2)36-22-5-4-20(14-19(22)15-23(26(36)38)39-17-24(37)30-3)33-25-21(29)16-32-27(34-25)35-12-8-28(9-13-35)6-10-31-11-7-28;1-16(2)34-20-5-4-18(10-17(20)11-21(24(34)36)37-13-22(35)28-3)31-23-19(27)12-30-25(32-23)33-8-6-26(7-9-33)14-29-15-26;1-13(2)31-19-5-4-17(7-14(19)8-20(23(31)33)34-12-21(32)26-3)28-22-18(25)9-27-24(29-22)30-10-15-6-16(15)11-30;1-23-18(30)12-32-17-10-13-9-14(3-4-16(13)28(2)20(17)31)26-19-15(22)11-25-21(27-19)29-7-5-24-6-8-29/h4-5,14-16,18,31H,6-13,17H2,1-3H3,(H,30,37)(H,32,33,34);4-5,10-12,16,29H,6-9,13-15H2,1-3H3,(H,28,35)(H,30,31,32);4-5,7-9,13,15-16H,6,10-12H2,1-3H3,(H,26,32)(H,27,28,29);3-4,9-11,24H,5-8,12H2,1-2H3,(H,23,30)(H,25,26,27). The number of hydrogen-bond donors (Lipinski definition) is 11. The second-order valence-electron chi connectivity index (χ2n) is 37.3. The molecule has 6 saturated heterocycles. The molecule has 2 unspecified atom stereocenters. The van der Waals surface area contributed by atoms with E-state index in [0.29, 0.717) is 78.0 Å². The normalized spacial score (nSPS) is 16.6. The molecule has 7 aliphatic rings. The molecule has 14 heterocycles. The van der Waals surface area contributed by atoms with Crippen LogP contribution in [0, 0.1) is 22.7 Å². The Bertz CT molecular complexity index is 6940. The number of hydrogen-bond acceptors (Lipinski definition) is 31. The maximum Gasteiger partial charge on any atom is 0.293 e. The lowest BCUT2D eigenvalue weighted by Crippen LogP contribution is -2.58. The summed E-state index contributed by atoms with van der Waals surface area (Å²) in [5.74, 6) is 5.45. The molecule has 8 aromatic heterocycles. The first kappa shape index (κ1) is 102. The van der Waals surface area contributed by atoms with Crippen molar-refractivity contribution in [3.8, 4) is 23.0 Å². The quantitative estimate of drug-likeness (QED) is 0.0228. The van der Waals surface area contributed by atoms with Crippen LogP contribution in [-0.4, -0.2) is 228 Å². The average molecular weight is 2020 g/mol. The second kappa shape index (κ2) is 44.8. The number of ether oxygens (including phenoxy) is 4. The van der Waals surface area contributed by atoms with Crippen molar-refractivity contribution in [1.82, 2.24) is 95.4 Å². The molecule has 1 saturated carbocycles. The van der Waals surface area contributed by atoms with Crippen LogP contribution in [0.4, 0.5) is 69.8 Å². The molecule has 4 aromatic carbocycles. The van der Waals surface area contributed by atoms with Gasteiger partial charge >= 0.3 is 0 Å². The lowest BCUT2D eigenvalue weighted by Gasteiger charge is -2.48. The van der Waals surface area contributed by atoms with Gasteiger partial charge in [0.15, 0.2) is 72.7 Å². The zero-order valence-electron chi connectivity index (χ0n) is 81.2. The van der Waals surface area contributed by atoms with Crippen LogP contribution in [0.1, 0.15) is 105 Å². The van der Waals surface area contributed by atoms with E-state index in [0.717, 1.165) is 196 Å². The second-order valence-corrected chi connectivity index (χ2v) is 39.0. The number of likely N-dealkylation sites (N-methyl/N-ethyl adjacent to an activating group) is 4. The van der Waals surface area contributed by atoms with E-state index < -0.39 is 0 Å². The first-order chi connectivity index (χ1) is 68.4. The highest BCUT2D eigenvalue weighted by molar-refractivity contribution is 6.34. The van der Waals surface area contributed by atoms with Crippen LogP contribution >= 0.6 is 46.4 Å². The van der Waals surface area contributed by atoms with Gasteiger partial charge in [-0.05, 0) is 219 Å². The number of piperidine rings is 4. The predicted octanol–water partition coefficient (Wildman–Crippen LogP) is 11.6. The van der Waals surface area contributed by atoms with Gasteiger partial charge in [-0.3, -0.25) is 38.4 Å². The van der Waals surface area contributed by atoms with Crippen molar-refractivity contribution in [2.45, 2.75) is 105 Å². The van der Waals surface area contributed by atoms with Crippen molar-refractivity contribution in [1.29, 1.82) is 0 Å². The Morgan fingerprint density at radius 2 is 0.662 bits per heavy atom. The first-order valence-electron chi connectivity index (χ1n) is 47.7. The number of nitrogens with zero attached hydrogens (tertiary/aromatic N) is 16. The molecule has 43 heteroatoms. The fourth-order valence-corrected chi connectivity index (χ4v) is 19.1. The van der Waals surface area contributed by atoms with Gasteiger partial charge < -0.3 is 115 Å². The molecule has 4 amide bonds. The molecule has 1 aliphatic carbocycles. The highest BCUT2D eigenvalue weighted by Gasteiger charge is 2.46. The van der Waals surface area contributed by atoms with Crippen LogP contribution in [0.25, 0.3) is 43.6 Å². The van der Waals surface area contributed by atoms with Crippen molar-refractivity contribution in [3.05, 3.63) is 183 Å². The van der Waals surface area contributed by atoms with Gasteiger partial charge in [0.05, 0.1) is 46.9 Å². The van der Waals surface area contributed by atoms with Crippen LogP contribution in [0.2, 0.25) is 20.1 Å². The van der Waals surface area contributed by atoms with Crippen molar-refractivity contribution >= 4 is 183 Å². The lowest BCUT2D eigenvalue weighted by molar-refractivity contribution is -0.123. The zero-order chi connectivity index (χ0) is 100. The number of amides is 4. The number of aryl methyl sites for hydroxylation is 1. The summed E-state index contributed by atoms with van der Waals surface area (Å²) in [5, 5.41) is 38.1. The molecule has 0 radical (unpaired) electrons. The first-order valence-corrected chi connectivity index (χ1v) is 49.2. The van der Waals surface area contributed by atoms with Crippen LogP contribution in [0.5, 0.6) is 23.0 Å². The highest BCUT2D eigenvalue weighted by Crippen LogP contribution is 2.47. The van der Waals surface area contributed by atoms with Gasteiger partial charge in [0.1, 0.15) is 20.1 Å². The van der Waals surface area contributed by atoms with Gasteiger partial charge in [-0.1, -0.05) is 46.4 Å². The van der Waals surface area contributed by atoms with Gasteiger partial charge in [0.25, 0.3) is 45.9 Å². The summed E-state index contributed by atoms with van der Waals surface area (Å²) < 4.78 is 28.6. The van der Waals surface area contributed by atoms with Gasteiger partial charge in [-0.25, -0.2) is 19.9 Å². The number of rotatable bonds is 27. The summed E-state index contributed by atoms with van der Waals surface area (Å²) in [4.78, 5) is 143. The van der Waals surface area contributed by atoms with Gasteiger partial charge in [0.2, 0.25) is 23.8 Å². The Hall–Kier alpha value is -13.4. The summed E-state index contributed by atoms with van der Waals surface area (Å²) in [6.45, 7) is 24.2. The molecular formula is C99H119Cl4N27O12. The molecule has 12 aromatic rings. The Kier molecular flexibility index (Phi) is 32.0. The van der Waals surface area contributed by atoms with Crippen molar-refractivity contribution < 1.29 is 38.1 Å². The molecule has 19 rings (SSSR count). The molecule has 142 heavy (non-hydrogen) atoms. The van der Waals surface area contributed by atoms with Gasteiger partial charge in [0, 0.05) is 176 Å². The maximum absolute atomic E-state index is 13.1. The Balaban J connectivity index is 0.000000136. The number of pyridine rings is 4. The molecule has 7 fully saturated rings. The van der Waals surface area contributed by atoms with E-state index in [4.69, 9.17) is 75.3 Å². The Labute approximate surface area is 839 Å². The van der Waals surface area contributed by atoms with Crippen LogP contribution in [0.3, 0.4) is 0 Å². The number of anilines is 12. The minimum atomic E-state index is -0.318. The number of carbonyl (C=O) groups is 4. The summed E-state index contributed by atoms with van der Waals surface area (Å²) >= 11 is 25.7. The summed E-state index contributed by atoms with van der Waals surface area (Å²) in [7, 11) is 7.73. The van der Waals surface area contributed by atoms with E-state index in [1.807, 2.05) is 114 Å². The minimum Gasteiger partial charge on any atom is -0.478 e. The summed E-state index contributed by atoms with van der Waals surface area (Å²) in [6, 6.07) is 28.9. The number of fused-ring (bicyclic) bond motifs is 5. The van der Waals surface area contributed by atoms with E-state index in [2.05, 4.69) is 108 Å². The molecule has 0 bridgehead atoms. The average Bonchev–Trinajstić information content (AvgIpc) is 1.68. The number of nitrogens with one attached hydrogen (secondary N) is 11. The molecule has 39 nitrogen and oxygen atoms in total. The van der Waals surface area contributed by atoms with Crippen molar-refractivity contribution in [2.75, 3.05) is 187 Å². The van der Waals surface area contributed by atoms with E-state index in [9.17, 15) is 38.4 Å². The third kappa shape index (κ3) is 23.6. The molecule has 2 spiro atoms. The number of aromatic nitrogens is 12. The van der Waals surface area contributed by atoms with Gasteiger partial charge in [-0.2, -0.15) is 19.9 Å². The summed E-state index contributed by atoms with van der Waals surface area (Å²) in [6.07, 6.45) is 14.8. The number of halogens is 4. The zero-order valence-corrected chi connectivity index (χ0v) is 84.2. The molecular weight excluding hydrogens is 1900 g/mol. The van der Waals surface area contributed by atoms with E-state index in [1.165, 1.54) is 52.0 Å². The smallest absolute Gasteiger partial charge is 0.293 e. The van der Waals surface area contributed by atoms with Crippen molar-refractivity contribution in [2.24, 2.45) is 29.7 Å². The van der Waals surface area contributed by atoms with Crippen LogP contribution < -0.4 is 119 Å². The highest BCUT2D eigenvalue weighted by atomic mass is 35.5. The molecule has 2 atom stereocenters. The number of piperazine rings is 1. The third-order valence-corrected chi connectivity index (χ3v) is 27.9. The maximum atomic E-state index is 13.1.